The first kappa shape index (κ1) is 17.4. The summed E-state index contributed by atoms with van der Waals surface area (Å²) >= 11 is 5.92. The standard InChI is InChI=1S/C19H22ClFN2O/c20-18-5-1-16(2-6-18)13-22-9-11-23(12-10-22)15-24-14-17-3-7-19(21)8-4-17/h1-8H,9-15H2. The van der Waals surface area contributed by atoms with Crippen molar-refractivity contribution in [3.63, 3.8) is 0 Å². The van der Waals surface area contributed by atoms with E-state index in [2.05, 4.69) is 21.9 Å². The van der Waals surface area contributed by atoms with Gasteiger partial charge < -0.3 is 4.74 Å². The molecule has 128 valence electrons. The number of halogens is 2. The minimum atomic E-state index is -0.212. The number of nitrogens with zero attached hydrogens (tertiary/aromatic N) is 2. The molecule has 0 bridgehead atoms. The second-order valence-corrected chi connectivity index (χ2v) is 6.56. The third kappa shape index (κ3) is 5.28. The molecule has 5 heteroatoms. The summed E-state index contributed by atoms with van der Waals surface area (Å²) in [6, 6.07) is 14.5. The Morgan fingerprint density at radius 1 is 0.833 bits per heavy atom. The van der Waals surface area contributed by atoms with Gasteiger partial charge in [-0.15, -0.1) is 0 Å². The van der Waals surface area contributed by atoms with Crippen LogP contribution in [0.4, 0.5) is 4.39 Å². The number of ether oxygens (including phenoxy) is 1. The van der Waals surface area contributed by atoms with Crippen LogP contribution in [0.2, 0.25) is 5.02 Å². The van der Waals surface area contributed by atoms with E-state index in [0.29, 0.717) is 13.3 Å². The second-order valence-electron chi connectivity index (χ2n) is 6.12. The van der Waals surface area contributed by atoms with Crippen molar-refractivity contribution in [2.24, 2.45) is 0 Å². The molecule has 0 aromatic heterocycles. The maximum atomic E-state index is 12.9. The average Bonchev–Trinajstić information content (AvgIpc) is 2.60. The van der Waals surface area contributed by atoms with E-state index in [0.717, 1.165) is 43.3 Å². The second kappa shape index (κ2) is 8.58. The molecule has 2 aromatic carbocycles. The fourth-order valence-corrected chi connectivity index (χ4v) is 2.92. The van der Waals surface area contributed by atoms with Gasteiger partial charge in [-0.05, 0) is 35.4 Å². The summed E-state index contributed by atoms with van der Waals surface area (Å²) in [6.45, 7) is 6.15. The minimum Gasteiger partial charge on any atom is -0.361 e. The fraction of sp³-hybridized carbons (Fsp3) is 0.368. The topological polar surface area (TPSA) is 15.7 Å². The number of hydrogen-bond donors (Lipinski definition) is 0. The summed E-state index contributed by atoms with van der Waals surface area (Å²) in [5, 5.41) is 0.780. The number of piperazine rings is 1. The zero-order chi connectivity index (χ0) is 16.8. The Labute approximate surface area is 147 Å². The smallest absolute Gasteiger partial charge is 0.123 e. The van der Waals surface area contributed by atoms with Crippen LogP contribution >= 0.6 is 11.6 Å². The highest BCUT2D eigenvalue weighted by Crippen LogP contribution is 2.13. The van der Waals surface area contributed by atoms with Gasteiger partial charge in [0.15, 0.2) is 0 Å². The molecule has 3 rings (SSSR count). The molecule has 0 amide bonds. The zero-order valence-corrected chi connectivity index (χ0v) is 14.4. The van der Waals surface area contributed by atoms with E-state index in [1.165, 1.54) is 17.7 Å². The molecule has 24 heavy (non-hydrogen) atoms. The fourth-order valence-electron chi connectivity index (χ4n) is 2.80. The molecule has 0 spiro atoms. The Kier molecular flexibility index (Phi) is 6.21. The number of hydrogen-bond acceptors (Lipinski definition) is 3. The Morgan fingerprint density at radius 3 is 2.08 bits per heavy atom. The molecule has 1 fully saturated rings. The van der Waals surface area contributed by atoms with E-state index in [-0.39, 0.29) is 5.82 Å². The van der Waals surface area contributed by atoms with Crippen molar-refractivity contribution >= 4 is 11.6 Å². The van der Waals surface area contributed by atoms with Crippen molar-refractivity contribution in [2.45, 2.75) is 13.2 Å². The predicted molar refractivity (Wildman–Crippen MR) is 94.4 cm³/mol. The monoisotopic (exact) mass is 348 g/mol. The summed E-state index contributed by atoms with van der Waals surface area (Å²) in [7, 11) is 0. The normalized spacial score (nSPS) is 16.4. The zero-order valence-electron chi connectivity index (χ0n) is 13.6. The van der Waals surface area contributed by atoms with Crippen LogP contribution in [0, 0.1) is 5.82 Å². The van der Waals surface area contributed by atoms with E-state index in [4.69, 9.17) is 16.3 Å². The van der Waals surface area contributed by atoms with Crippen LogP contribution < -0.4 is 0 Å². The Hall–Kier alpha value is -1.46. The predicted octanol–water partition coefficient (Wildman–Crippen LogP) is 3.77. The maximum Gasteiger partial charge on any atom is 0.123 e. The van der Waals surface area contributed by atoms with Crippen molar-refractivity contribution in [1.29, 1.82) is 0 Å². The molecule has 0 unspecified atom stereocenters. The van der Waals surface area contributed by atoms with Crippen molar-refractivity contribution in [1.82, 2.24) is 9.80 Å². The summed E-state index contributed by atoms with van der Waals surface area (Å²) in [6.07, 6.45) is 0. The van der Waals surface area contributed by atoms with Gasteiger partial charge in [-0.1, -0.05) is 35.9 Å². The Balaban J connectivity index is 1.36. The van der Waals surface area contributed by atoms with Crippen LogP contribution in [-0.2, 0) is 17.9 Å². The SMILES string of the molecule is Fc1ccc(COCN2CCN(Cc3ccc(Cl)cc3)CC2)cc1. The molecule has 1 saturated heterocycles. The first-order chi connectivity index (χ1) is 11.7. The van der Waals surface area contributed by atoms with Gasteiger partial charge in [0.2, 0.25) is 0 Å². The van der Waals surface area contributed by atoms with E-state index < -0.39 is 0 Å². The molecule has 0 atom stereocenters. The van der Waals surface area contributed by atoms with Gasteiger partial charge in [-0.25, -0.2) is 4.39 Å². The lowest BCUT2D eigenvalue weighted by molar-refractivity contribution is -0.00681. The van der Waals surface area contributed by atoms with Crippen LogP contribution in [-0.4, -0.2) is 42.7 Å². The highest BCUT2D eigenvalue weighted by atomic mass is 35.5. The van der Waals surface area contributed by atoms with Crippen LogP contribution in [0.25, 0.3) is 0 Å². The third-order valence-corrected chi connectivity index (χ3v) is 4.49. The molecule has 0 saturated carbocycles. The number of benzene rings is 2. The molecule has 1 aliphatic heterocycles. The first-order valence-corrected chi connectivity index (χ1v) is 8.58. The van der Waals surface area contributed by atoms with Crippen LogP contribution in [0.3, 0.4) is 0 Å². The molecule has 3 nitrogen and oxygen atoms in total. The van der Waals surface area contributed by atoms with Gasteiger partial charge >= 0.3 is 0 Å². The molecule has 0 N–H and O–H groups in total. The van der Waals surface area contributed by atoms with Gasteiger partial charge in [-0.2, -0.15) is 0 Å². The summed E-state index contributed by atoms with van der Waals surface area (Å²) < 4.78 is 18.6. The van der Waals surface area contributed by atoms with E-state index in [1.807, 2.05) is 12.1 Å². The first-order valence-electron chi connectivity index (χ1n) is 8.20. The molecular formula is C19H22ClFN2O. The molecule has 1 heterocycles. The molecule has 2 aromatic rings. The van der Waals surface area contributed by atoms with Crippen LogP contribution in [0.5, 0.6) is 0 Å². The van der Waals surface area contributed by atoms with Crippen molar-refractivity contribution in [2.75, 3.05) is 32.9 Å². The van der Waals surface area contributed by atoms with Gasteiger partial charge in [0.1, 0.15) is 5.82 Å². The van der Waals surface area contributed by atoms with Crippen molar-refractivity contribution in [3.05, 3.63) is 70.5 Å². The van der Waals surface area contributed by atoms with Gasteiger partial charge in [0, 0.05) is 37.7 Å². The Bertz CT molecular complexity index is 625. The lowest BCUT2D eigenvalue weighted by Gasteiger charge is -2.34. The molecule has 1 aliphatic rings. The molecule has 0 aliphatic carbocycles. The number of rotatable bonds is 6. The van der Waals surface area contributed by atoms with Crippen molar-refractivity contribution in [3.8, 4) is 0 Å². The lowest BCUT2D eigenvalue weighted by atomic mass is 10.2. The van der Waals surface area contributed by atoms with Crippen LogP contribution in [0.1, 0.15) is 11.1 Å². The van der Waals surface area contributed by atoms with E-state index >= 15 is 0 Å². The Morgan fingerprint density at radius 2 is 1.42 bits per heavy atom. The average molecular weight is 349 g/mol. The lowest BCUT2D eigenvalue weighted by Crippen LogP contribution is -2.46. The summed E-state index contributed by atoms with van der Waals surface area (Å²) in [4.78, 5) is 4.75. The third-order valence-electron chi connectivity index (χ3n) is 4.24. The van der Waals surface area contributed by atoms with Gasteiger partial charge in [0.25, 0.3) is 0 Å². The quantitative estimate of drug-likeness (QED) is 0.790. The van der Waals surface area contributed by atoms with Crippen LogP contribution in [0.15, 0.2) is 48.5 Å². The largest absolute Gasteiger partial charge is 0.361 e. The summed E-state index contributed by atoms with van der Waals surface area (Å²) in [5.41, 5.74) is 2.29. The summed E-state index contributed by atoms with van der Waals surface area (Å²) in [5.74, 6) is -0.212. The highest BCUT2D eigenvalue weighted by molar-refractivity contribution is 6.30. The van der Waals surface area contributed by atoms with Gasteiger partial charge in [0.05, 0.1) is 13.3 Å². The van der Waals surface area contributed by atoms with Crippen molar-refractivity contribution < 1.29 is 9.13 Å². The van der Waals surface area contributed by atoms with E-state index in [9.17, 15) is 4.39 Å². The molecular weight excluding hydrogens is 327 g/mol. The maximum absolute atomic E-state index is 12.9. The highest BCUT2D eigenvalue weighted by Gasteiger charge is 2.16. The van der Waals surface area contributed by atoms with E-state index in [1.54, 1.807) is 12.1 Å². The minimum absolute atomic E-state index is 0.212. The van der Waals surface area contributed by atoms with Gasteiger partial charge in [-0.3, -0.25) is 9.80 Å². The molecule has 0 radical (unpaired) electrons.